The van der Waals surface area contributed by atoms with Crippen LogP contribution in [0.15, 0.2) is 30.3 Å². The van der Waals surface area contributed by atoms with Crippen LogP contribution in [0.2, 0.25) is 0 Å². The highest BCUT2D eigenvalue weighted by molar-refractivity contribution is 6.02. The number of benzene rings is 2. The molecule has 0 bridgehead atoms. The van der Waals surface area contributed by atoms with E-state index in [0.29, 0.717) is 5.56 Å². The van der Waals surface area contributed by atoms with Gasteiger partial charge in [-0.15, -0.1) is 0 Å². The summed E-state index contributed by atoms with van der Waals surface area (Å²) in [5.74, 6) is -1.69. The van der Waals surface area contributed by atoms with Gasteiger partial charge in [0.15, 0.2) is 17.3 Å². The van der Waals surface area contributed by atoms with E-state index >= 15 is 0 Å². The van der Waals surface area contributed by atoms with Crippen molar-refractivity contribution in [3.05, 3.63) is 41.5 Å². The van der Waals surface area contributed by atoms with Crippen molar-refractivity contribution in [1.82, 2.24) is 0 Å². The minimum atomic E-state index is -1.67. The standard InChI is InChI=1S/C21H22O11/c22-7-16-18(27)19(28)20(29)21(32-16)30-9-4-12(25)17-13(26)6-14(31-15(17)5-9)8-1-2-10(23)11(24)3-8/h1-5,14,16,18-25,27-29H,6-7H2/t14-,16-,18+,19+,20-,21+/m0/s1. The molecule has 7 N–H and O–H groups in total. The van der Waals surface area contributed by atoms with E-state index < -0.39 is 54.9 Å². The van der Waals surface area contributed by atoms with Gasteiger partial charge in [0.1, 0.15) is 53.3 Å². The number of phenols is 3. The zero-order valence-electron chi connectivity index (χ0n) is 16.5. The number of hydrogen-bond acceptors (Lipinski definition) is 11. The summed E-state index contributed by atoms with van der Waals surface area (Å²) >= 11 is 0. The molecule has 1 saturated heterocycles. The molecule has 0 amide bonds. The van der Waals surface area contributed by atoms with Crippen LogP contribution in [-0.2, 0) is 4.74 Å². The van der Waals surface area contributed by atoms with E-state index in [-0.39, 0.29) is 35.0 Å². The molecule has 2 aliphatic heterocycles. The average Bonchev–Trinajstić information content (AvgIpc) is 2.75. The summed E-state index contributed by atoms with van der Waals surface area (Å²) in [6.07, 6.45) is -8.50. The maximum absolute atomic E-state index is 12.6. The molecule has 1 fully saturated rings. The molecule has 2 aromatic rings. The van der Waals surface area contributed by atoms with E-state index in [1.54, 1.807) is 0 Å². The second-order valence-corrected chi connectivity index (χ2v) is 7.61. The van der Waals surface area contributed by atoms with Gasteiger partial charge >= 0.3 is 0 Å². The first-order valence-corrected chi connectivity index (χ1v) is 9.75. The highest BCUT2D eigenvalue weighted by atomic mass is 16.7. The summed E-state index contributed by atoms with van der Waals surface area (Å²) in [5, 5.41) is 68.8. The van der Waals surface area contributed by atoms with Crippen LogP contribution in [0.1, 0.15) is 28.4 Å². The number of ether oxygens (including phenoxy) is 3. The molecule has 0 aliphatic carbocycles. The minimum Gasteiger partial charge on any atom is -0.507 e. The maximum atomic E-state index is 12.6. The van der Waals surface area contributed by atoms with Crippen molar-refractivity contribution >= 4 is 5.78 Å². The third-order valence-corrected chi connectivity index (χ3v) is 5.45. The Morgan fingerprint density at radius 3 is 2.38 bits per heavy atom. The fourth-order valence-corrected chi connectivity index (χ4v) is 3.71. The van der Waals surface area contributed by atoms with Crippen LogP contribution in [0.4, 0.5) is 0 Å². The fraction of sp³-hybridized carbons (Fsp3) is 0.381. The van der Waals surface area contributed by atoms with Crippen LogP contribution in [0.25, 0.3) is 0 Å². The van der Waals surface area contributed by atoms with E-state index in [1.807, 2.05) is 0 Å². The number of aliphatic hydroxyl groups is 4. The Balaban J connectivity index is 1.60. The molecule has 11 nitrogen and oxygen atoms in total. The summed E-state index contributed by atoms with van der Waals surface area (Å²) < 4.78 is 16.6. The van der Waals surface area contributed by atoms with Gasteiger partial charge in [0.25, 0.3) is 0 Å². The number of carbonyl (C=O) groups excluding carboxylic acids is 1. The van der Waals surface area contributed by atoms with Gasteiger partial charge in [-0.25, -0.2) is 0 Å². The molecular formula is C21H22O11. The van der Waals surface area contributed by atoms with Crippen molar-refractivity contribution < 1.29 is 54.8 Å². The number of aromatic hydroxyl groups is 3. The molecule has 2 aromatic carbocycles. The molecule has 6 atom stereocenters. The van der Waals surface area contributed by atoms with Crippen LogP contribution in [-0.4, -0.2) is 78.8 Å². The molecule has 0 saturated carbocycles. The van der Waals surface area contributed by atoms with E-state index in [2.05, 4.69) is 0 Å². The third-order valence-electron chi connectivity index (χ3n) is 5.45. The van der Waals surface area contributed by atoms with Gasteiger partial charge in [-0.2, -0.15) is 0 Å². The maximum Gasteiger partial charge on any atom is 0.229 e. The summed E-state index contributed by atoms with van der Waals surface area (Å²) in [6.45, 7) is -0.640. The average molecular weight is 450 g/mol. The highest BCUT2D eigenvalue weighted by Gasteiger charge is 2.45. The number of Topliss-reactive ketones (excluding diaryl/α,β-unsaturated/α-hetero) is 1. The molecule has 2 heterocycles. The third kappa shape index (κ3) is 3.92. The number of aliphatic hydroxyl groups excluding tert-OH is 4. The molecule has 32 heavy (non-hydrogen) atoms. The van der Waals surface area contributed by atoms with Crippen molar-refractivity contribution in [2.45, 2.75) is 43.2 Å². The van der Waals surface area contributed by atoms with Crippen molar-refractivity contribution in [1.29, 1.82) is 0 Å². The topological polar surface area (TPSA) is 186 Å². The van der Waals surface area contributed by atoms with Crippen molar-refractivity contribution in [3.63, 3.8) is 0 Å². The smallest absolute Gasteiger partial charge is 0.229 e. The first-order valence-electron chi connectivity index (χ1n) is 9.75. The van der Waals surface area contributed by atoms with E-state index in [1.165, 1.54) is 24.3 Å². The lowest BCUT2D eigenvalue weighted by molar-refractivity contribution is -0.277. The highest BCUT2D eigenvalue weighted by Crippen LogP contribution is 2.43. The largest absolute Gasteiger partial charge is 0.507 e. The lowest BCUT2D eigenvalue weighted by atomic mass is 9.95. The Morgan fingerprint density at radius 1 is 0.938 bits per heavy atom. The Kier molecular flexibility index (Phi) is 5.84. The molecular weight excluding hydrogens is 428 g/mol. The predicted molar refractivity (Wildman–Crippen MR) is 105 cm³/mol. The molecule has 0 unspecified atom stereocenters. The van der Waals surface area contributed by atoms with Gasteiger partial charge < -0.3 is 50.0 Å². The van der Waals surface area contributed by atoms with E-state index in [9.17, 15) is 40.5 Å². The van der Waals surface area contributed by atoms with Crippen molar-refractivity contribution in [2.75, 3.05) is 6.61 Å². The Morgan fingerprint density at radius 2 is 1.69 bits per heavy atom. The Bertz CT molecular complexity index is 1020. The molecule has 0 spiro atoms. The quantitative estimate of drug-likeness (QED) is 0.303. The second-order valence-electron chi connectivity index (χ2n) is 7.61. The normalized spacial score (nSPS) is 29.8. The Labute approximate surface area is 181 Å². The number of phenolic OH excluding ortho intramolecular Hbond substituents is 3. The van der Waals surface area contributed by atoms with E-state index in [4.69, 9.17) is 14.2 Å². The summed E-state index contributed by atoms with van der Waals surface area (Å²) in [7, 11) is 0. The Hall–Kier alpha value is -3.09. The first-order chi connectivity index (χ1) is 15.2. The number of hydrogen-bond donors (Lipinski definition) is 7. The van der Waals surface area contributed by atoms with E-state index in [0.717, 1.165) is 6.07 Å². The summed E-state index contributed by atoms with van der Waals surface area (Å²) in [5.41, 5.74) is 0.337. The lowest BCUT2D eigenvalue weighted by Crippen LogP contribution is -2.60. The van der Waals surface area contributed by atoms with Gasteiger partial charge in [-0.05, 0) is 17.7 Å². The summed E-state index contributed by atoms with van der Waals surface area (Å²) in [6, 6.07) is 6.37. The zero-order valence-corrected chi connectivity index (χ0v) is 16.5. The van der Waals surface area contributed by atoms with Gasteiger partial charge in [0, 0.05) is 12.1 Å². The second kappa shape index (κ2) is 8.45. The predicted octanol–water partition coefficient (Wildman–Crippen LogP) is -0.311. The van der Waals surface area contributed by atoms with Crippen molar-refractivity contribution in [2.24, 2.45) is 0 Å². The molecule has 0 radical (unpaired) electrons. The minimum absolute atomic E-state index is 0.0293. The van der Waals surface area contributed by atoms with Gasteiger partial charge in [-0.3, -0.25) is 4.79 Å². The van der Waals surface area contributed by atoms with Gasteiger partial charge in [0.05, 0.1) is 13.0 Å². The zero-order chi connectivity index (χ0) is 23.2. The van der Waals surface area contributed by atoms with Crippen LogP contribution >= 0.6 is 0 Å². The molecule has 172 valence electrons. The SMILES string of the molecule is O=C1C[C@@H](c2ccc(O)c(O)c2)Oc2cc(O[C@@H]3O[C@@H](CO)[C@@H](O)[C@@H](O)[C@@H]3O)cc(O)c21. The first kappa shape index (κ1) is 22.1. The van der Waals surface area contributed by atoms with Crippen LogP contribution in [0, 0.1) is 0 Å². The molecule has 4 rings (SSSR count). The number of fused-ring (bicyclic) bond motifs is 1. The fourth-order valence-electron chi connectivity index (χ4n) is 3.71. The monoisotopic (exact) mass is 450 g/mol. The molecule has 11 heteroatoms. The summed E-state index contributed by atoms with van der Waals surface area (Å²) in [4.78, 5) is 12.6. The van der Waals surface area contributed by atoms with Crippen LogP contribution in [0.3, 0.4) is 0 Å². The lowest BCUT2D eigenvalue weighted by Gasteiger charge is -2.39. The van der Waals surface area contributed by atoms with Crippen molar-refractivity contribution in [3.8, 4) is 28.7 Å². The van der Waals surface area contributed by atoms with Crippen LogP contribution < -0.4 is 9.47 Å². The molecule has 2 aliphatic rings. The van der Waals surface area contributed by atoms with Gasteiger partial charge in [0.2, 0.25) is 6.29 Å². The van der Waals surface area contributed by atoms with Crippen LogP contribution in [0.5, 0.6) is 28.7 Å². The number of carbonyl (C=O) groups is 1. The van der Waals surface area contributed by atoms with Gasteiger partial charge in [-0.1, -0.05) is 6.07 Å². The number of ketones is 1. The molecule has 0 aromatic heterocycles. The number of rotatable bonds is 4.